The summed E-state index contributed by atoms with van der Waals surface area (Å²) in [6, 6.07) is 17.5. The number of carbonyl (C=O) groups is 1. The number of benzene rings is 2. The molecule has 1 aliphatic rings. The minimum atomic E-state index is -0.0112. The van der Waals surface area contributed by atoms with Crippen LogP contribution >= 0.6 is 0 Å². The lowest BCUT2D eigenvalue weighted by molar-refractivity contribution is 0.0754. The van der Waals surface area contributed by atoms with Crippen LogP contribution in [0.4, 0.5) is 0 Å². The lowest BCUT2D eigenvalue weighted by atomic mass is 10.00. The molecule has 0 atom stereocenters. The number of nitrogens with one attached hydrogen (secondary N) is 1. The van der Waals surface area contributed by atoms with Gasteiger partial charge in [0.15, 0.2) is 0 Å². The predicted molar refractivity (Wildman–Crippen MR) is 128 cm³/mol. The van der Waals surface area contributed by atoms with Gasteiger partial charge in [0.05, 0.1) is 24.9 Å². The van der Waals surface area contributed by atoms with Gasteiger partial charge in [-0.3, -0.25) is 4.79 Å². The Labute approximate surface area is 191 Å². The maximum atomic E-state index is 13.1. The highest BCUT2D eigenvalue weighted by molar-refractivity contribution is 5.98. The number of fused-ring (bicyclic) bond motifs is 1. The summed E-state index contributed by atoms with van der Waals surface area (Å²) < 4.78 is 5.16. The van der Waals surface area contributed by atoms with Gasteiger partial charge in [-0.2, -0.15) is 0 Å². The average molecular weight is 438 g/mol. The van der Waals surface area contributed by atoms with Crippen LogP contribution in [0.1, 0.15) is 10.4 Å². The van der Waals surface area contributed by atoms with Crippen LogP contribution in [-0.4, -0.2) is 52.5 Å². The molecular weight excluding hydrogens is 414 g/mol. The van der Waals surface area contributed by atoms with E-state index in [2.05, 4.69) is 32.9 Å². The molecule has 4 aromatic rings. The van der Waals surface area contributed by atoms with Gasteiger partial charge in [0.2, 0.25) is 5.88 Å². The third-order valence-corrected chi connectivity index (χ3v) is 5.72. The summed E-state index contributed by atoms with van der Waals surface area (Å²) in [4.78, 5) is 28.2. The van der Waals surface area contributed by atoms with E-state index in [4.69, 9.17) is 4.74 Å². The Morgan fingerprint density at radius 1 is 1.03 bits per heavy atom. The molecule has 1 saturated heterocycles. The first-order chi connectivity index (χ1) is 16.1. The fourth-order valence-electron chi connectivity index (χ4n) is 4.03. The Balaban J connectivity index is 1.53. The summed E-state index contributed by atoms with van der Waals surface area (Å²) in [5.74, 6) is 0.556. The second-order valence-corrected chi connectivity index (χ2v) is 7.88. The minimum absolute atomic E-state index is 0.0112. The van der Waals surface area contributed by atoms with Gasteiger partial charge in [-0.15, -0.1) is 0 Å². The molecule has 3 heterocycles. The molecule has 0 bridgehead atoms. The van der Waals surface area contributed by atoms with Crippen LogP contribution in [0.2, 0.25) is 0 Å². The molecule has 7 nitrogen and oxygen atoms in total. The second kappa shape index (κ2) is 8.70. The van der Waals surface area contributed by atoms with Crippen molar-refractivity contribution in [1.29, 1.82) is 0 Å². The van der Waals surface area contributed by atoms with Crippen molar-refractivity contribution < 1.29 is 9.53 Å². The molecule has 0 radical (unpaired) electrons. The first kappa shape index (κ1) is 20.6. The third-order valence-electron chi connectivity index (χ3n) is 5.72. The van der Waals surface area contributed by atoms with Gasteiger partial charge < -0.3 is 15.0 Å². The van der Waals surface area contributed by atoms with Crippen molar-refractivity contribution >= 4 is 16.8 Å². The van der Waals surface area contributed by atoms with Crippen molar-refractivity contribution in [2.45, 2.75) is 0 Å². The number of methoxy groups -OCH3 is 1. The van der Waals surface area contributed by atoms with Crippen LogP contribution in [0.5, 0.6) is 5.88 Å². The van der Waals surface area contributed by atoms with Crippen LogP contribution in [0.3, 0.4) is 0 Å². The molecule has 164 valence electrons. The van der Waals surface area contributed by atoms with E-state index in [0.717, 1.165) is 39.0 Å². The van der Waals surface area contributed by atoms with Crippen molar-refractivity contribution in [2.75, 3.05) is 26.7 Å². The Kier molecular flexibility index (Phi) is 5.44. The topological polar surface area (TPSA) is 80.2 Å². The number of pyridine rings is 1. The van der Waals surface area contributed by atoms with Gasteiger partial charge in [-0.25, -0.2) is 15.0 Å². The molecule has 1 N–H and O–H groups in total. The summed E-state index contributed by atoms with van der Waals surface area (Å²) >= 11 is 0. The van der Waals surface area contributed by atoms with Crippen molar-refractivity contribution in [2.24, 2.45) is 0 Å². The Morgan fingerprint density at radius 2 is 1.91 bits per heavy atom. The van der Waals surface area contributed by atoms with Gasteiger partial charge in [0.25, 0.3) is 5.91 Å². The highest BCUT2D eigenvalue weighted by Gasteiger charge is 2.20. The Morgan fingerprint density at radius 3 is 2.70 bits per heavy atom. The smallest absolute Gasteiger partial charge is 0.254 e. The van der Waals surface area contributed by atoms with E-state index < -0.39 is 0 Å². The summed E-state index contributed by atoms with van der Waals surface area (Å²) in [6.45, 7) is 5.82. The van der Waals surface area contributed by atoms with E-state index in [-0.39, 0.29) is 5.91 Å². The zero-order chi connectivity index (χ0) is 22.8. The molecule has 0 aliphatic carbocycles. The van der Waals surface area contributed by atoms with Gasteiger partial charge in [-0.05, 0) is 35.9 Å². The molecule has 0 unspecified atom stereocenters. The lowest BCUT2D eigenvalue weighted by Gasteiger charge is -2.29. The predicted octanol–water partition coefficient (Wildman–Crippen LogP) is 3.93. The molecule has 33 heavy (non-hydrogen) atoms. The maximum Gasteiger partial charge on any atom is 0.254 e. The summed E-state index contributed by atoms with van der Waals surface area (Å²) in [6.07, 6.45) is 3.34. The van der Waals surface area contributed by atoms with Crippen molar-refractivity contribution in [3.05, 3.63) is 85.0 Å². The third kappa shape index (κ3) is 4.13. The number of ether oxygens (including phenoxy) is 1. The largest absolute Gasteiger partial charge is 0.481 e. The Bertz CT molecular complexity index is 1350. The minimum Gasteiger partial charge on any atom is -0.481 e. The number of amides is 1. The highest BCUT2D eigenvalue weighted by atomic mass is 16.5. The number of rotatable bonds is 4. The molecule has 1 fully saturated rings. The van der Waals surface area contributed by atoms with Crippen molar-refractivity contribution in [1.82, 2.24) is 25.2 Å². The second-order valence-electron chi connectivity index (χ2n) is 7.88. The van der Waals surface area contributed by atoms with Crippen LogP contribution in [0.25, 0.3) is 33.3 Å². The van der Waals surface area contributed by atoms with Crippen molar-refractivity contribution in [3.63, 3.8) is 0 Å². The van der Waals surface area contributed by atoms with Crippen LogP contribution < -0.4 is 10.1 Å². The van der Waals surface area contributed by atoms with Crippen LogP contribution in [0, 0.1) is 0 Å². The number of hydrogen-bond acceptors (Lipinski definition) is 6. The summed E-state index contributed by atoms with van der Waals surface area (Å²) in [7, 11) is 1.60. The normalized spacial score (nSPS) is 13.6. The van der Waals surface area contributed by atoms with Gasteiger partial charge in [-0.1, -0.05) is 24.8 Å². The Hall–Kier alpha value is -4.26. The molecule has 7 heteroatoms. The molecule has 0 saturated carbocycles. The van der Waals surface area contributed by atoms with E-state index >= 15 is 0 Å². The number of hydrogen-bond donors (Lipinski definition) is 1. The monoisotopic (exact) mass is 437 g/mol. The number of carbonyl (C=O) groups excluding carboxylic acids is 1. The fourth-order valence-corrected chi connectivity index (χ4v) is 4.03. The quantitative estimate of drug-likeness (QED) is 0.521. The number of nitrogens with zero attached hydrogens (tertiary/aromatic N) is 4. The zero-order valence-corrected chi connectivity index (χ0v) is 18.3. The molecule has 1 amide bonds. The summed E-state index contributed by atoms with van der Waals surface area (Å²) in [5, 5.41) is 4.09. The number of piperazine rings is 1. The van der Waals surface area contributed by atoms with E-state index in [0.29, 0.717) is 31.1 Å². The van der Waals surface area contributed by atoms with E-state index in [1.807, 2.05) is 53.4 Å². The van der Waals surface area contributed by atoms with Gasteiger partial charge in [0, 0.05) is 53.1 Å². The van der Waals surface area contributed by atoms with Crippen LogP contribution in [-0.2, 0) is 0 Å². The summed E-state index contributed by atoms with van der Waals surface area (Å²) in [5.41, 5.74) is 5.93. The lowest BCUT2D eigenvalue weighted by Crippen LogP contribution is -2.44. The zero-order valence-electron chi connectivity index (χ0n) is 18.3. The first-order valence-corrected chi connectivity index (χ1v) is 10.7. The van der Waals surface area contributed by atoms with Gasteiger partial charge in [0.1, 0.15) is 6.33 Å². The molecule has 2 aromatic heterocycles. The van der Waals surface area contributed by atoms with Crippen molar-refractivity contribution in [3.8, 4) is 28.3 Å². The molecule has 5 rings (SSSR count). The number of aromatic nitrogens is 3. The molecule has 2 aromatic carbocycles. The molecule has 1 aliphatic heterocycles. The SMILES string of the molecule is C=C1CN(C(=O)c2cccc(-c3ncnc4ccc(-c5ccc(OC)nc5)cc34)c2)CCN1. The van der Waals surface area contributed by atoms with E-state index in [1.54, 1.807) is 19.6 Å². The average Bonchev–Trinajstić information content (AvgIpc) is 2.87. The van der Waals surface area contributed by atoms with Crippen LogP contribution in [0.15, 0.2) is 79.4 Å². The molecular formula is C26H23N5O2. The van der Waals surface area contributed by atoms with E-state index in [9.17, 15) is 4.79 Å². The van der Waals surface area contributed by atoms with Gasteiger partial charge >= 0.3 is 0 Å². The maximum absolute atomic E-state index is 13.1. The first-order valence-electron chi connectivity index (χ1n) is 10.7. The molecule has 0 spiro atoms. The highest BCUT2D eigenvalue weighted by Crippen LogP contribution is 2.30. The standard InChI is InChI=1S/C26H23N5O2/c1-17-15-31(11-10-27-17)26(32)20-5-3-4-19(12-20)25-22-13-18(6-8-23(22)29-16-30-25)21-7-9-24(33-2)28-14-21/h3-9,12-14,16,27H,1,10-11,15H2,2H3. The van der Waals surface area contributed by atoms with E-state index in [1.165, 1.54) is 0 Å². The fraction of sp³-hybridized carbons (Fsp3) is 0.154.